The molecular formula is C15H22N2O. The Kier molecular flexibility index (Phi) is 4.02. The zero-order valence-corrected chi connectivity index (χ0v) is 11.3. The molecule has 1 fully saturated rings. The van der Waals surface area contributed by atoms with Gasteiger partial charge in [0.1, 0.15) is 0 Å². The predicted molar refractivity (Wildman–Crippen MR) is 73.7 cm³/mol. The van der Waals surface area contributed by atoms with Crippen molar-refractivity contribution in [2.75, 3.05) is 19.6 Å². The molecule has 1 heterocycles. The summed E-state index contributed by atoms with van der Waals surface area (Å²) in [6.07, 6.45) is 2.02. The summed E-state index contributed by atoms with van der Waals surface area (Å²) in [5, 5.41) is 6.42. The van der Waals surface area contributed by atoms with Gasteiger partial charge in [-0.2, -0.15) is 0 Å². The standard InChI is InChI=1S/C15H22N2O/c1-3-12-6-4-5-7-13(12)14(18)17-11-15(2)8-9-16-10-15/h4-7,16H,3,8-11H2,1-2H3,(H,17,18). The molecule has 2 rings (SSSR count). The molecule has 0 saturated carbocycles. The summed E-state index contributed by atoms with van der Waals surface area (Å²) in [5.74, 6) is 0.0561. The number of rotatable bonds is 4. The zero-order valence-electron chi connectivity index (χ0n) is 11.3. The molecule has 1 aromatic rings. The Hall–Kier alpha value is -1.35. The second-order valence-electron chi connectivity index (χ2n) is 5.43. The van der Waals surface area contributed by atoms with Gasteiger partial charge in [-0.05, 0) is 36.4 Å². The van der Waals surface area contributed by atoms with Gasteiger partial charge in [0.2, 0.25) is 0 Å². The van der Waals surface area contributed by atoms with Crippen LogP contribution in [0.3, 0.4) is 0 Å². The molecule has 1 saturated heterocycles. The fourth-order valence-electron chi connectivity index (χ4n) is 2.46. The molecule has 3 nitrogen and oxygen atoms in total. The third-order valence-corrected chi connectivity index (χ3v) is 3.78. The molecule has 0 radical (unpaired) electrons. The van der Waals surface area contributed by atoms with Crippen LogP contribution in [0.1, 0.15) is 36.2 Å². The summed E-state index contributed by atoms with van der Waals surface area (Å²) < 4.78 is 0. The van der Waals surface area contributed by atoms with Gasteiger partial charge in [-0.3, -0.25) is 4.79 Å². The summed E-state index contributed by atoms with van der Waals surface area (Å²) in [6, 6.07) is 7.84. The Balaban J connectivity index is 1.99. The molecule has 0 bridgehead atoms. The molecule has 0 spiro atoms. The number of nitrogens with one attached hydrogen (secondary N) is 2. The average Bonchev–Trinajstić information content (AvgIpc) is 2.83. The van der Waals surface area contributed by atoms with E-state index in [0.717, 1.165) is 43.6 Å². The average molecular weight is 246 g/mol. The molecule has 1 amide bonds. The van der Waals surface area contributed by atoms with Gasteiger partial charge >= 0.3 is 0 Å². The lowest BCUT2D eigenvalue weighted by Crippen LogP contribution is -2.37. The second-order valence-corrected chi connectivity index (χ2v) is 5.43. The SMILES string of the molecule is CCc1ccccc1C(=O)NCC1(C)CCNC1. The van der Waals surface area contributed by atoms with Crippen molar-refractivity contribution in [2.24, 2.45) is 5.41 Å². The highest BCUT2D eigenvalue weighted by Gasteiger charge is 2.28. The molecule has 1 atom stereocenters. The van der Waals surface area contributed by atoms with E-state index in [0.29, 0.717) is 0 Å². The highest BCUT2D eigenvalue weighted by Crippen LogP contribution is 2.23. The number of hydrogen-bond donors (Lipinski definition) is 2. The van der Waals surface area contributed by atoms with Crippen molar-refractivity contribution in [3.63, 3.8) is 0 Å². The minimum Gasteiger partial charge on any atom is -0.351 e. The van der Waals surface area contributed by atoms with Crippen LogP contribution in [0.5, 0.6) is 0 Å². The maximum atomic E-state index is 12.2. The van der Waals surface area contributed by atoms with Gasteiger partial charge in [0.25, 0.3) is 5.91 Å². The van der Waals surface area contributed by atoms with Gasteiger partial charge < -0.3 is 10.6 Å². The van der Waals surface area contributed by atoms with Gasteiger partial charge in [-0.1, -0.05) is 32.0 Å². The van der Waals surface area contributed by atoms with Gasteiger partial charge in [0.15, 0.2) is 0 Å². The lowest BCUT2D eigenvalue weighted by molar-refractivity contribution is 0.0936. The van der Waals surface area contributed by atoms with E-state index in [1.165, 1.54) is 0 Å². The van der Waals surface area contributed by atoms with E-state index in [1.807, 2.05) is 24.3 Å². The number of hydrogen-bond acceptors (Lipinski definition) is 2. The normalized spacial score (nSPS) is 23.0. The second kappa shape index (κ2) is 5.53. The Morgan fingerprint density at radius 2 is 2.22 bits per heavy atom. The van der Waals surface area contributed by atoms with Crippen LogP contribution in [0.4, 0.5) is 0 Å². The largest absolute Gasteiger partial charge is 0.351 e. The monoisotopic (exact) mass is 246 g/mol. The Morgan fingerprint density at radius 3 is 2.89 bits per heavy atom. The van der Waals surface area contributed by atoms with Crippen molar-refractivity contribution in [3.8, 4) is 0 Å². The van der Waals surface area contributed by atoms with E-state index >= 15 is 0 Å². The third kappa shape index (κ3) is 2.91. The smallest absolute Gasteiger partial charge is 0.251 e. The Bertz CT molecular complexity index is 422. The molecule has 98 valence electrons. The molecule has 2 N–H and O–H groups in total. The highest BCUT2D eigenvalue weighted by molar-refractivity contribution is 5.95. The quantitative estimate of drug-likeness (QED) is 0.853. The minimum absolute atomic E-state index is 0.0561. The number of amides is 1. The van der Waals surface area contributed by atoms with E-state index in [2.05, 4.69) is 24.5 Å². The lowest BCUT2D eigenvalue weighted by Gasteiger charge is -2.23. The molecule has 1 aliphatic heterocycles. The summed E-state index contributed by atoms with van der Waals surface area (Å²) in [6.45, 7) is 7.09. The van der Waals surface area contributed by atoms with E-state index in [4.69, 9.17) is 0 Å². The number of carbonyl (C=O) groups excluding carboxylic acids is 1. The molecular weight excluding hydrogens is 224 g/mol. The van der Waals surface area contributed by atoms with Crippen LogP contribution in [0, 0.1) is 5.41 Å². The van der Waals surface area contributed by atoms with Gasteiger partial charge in [-0.15, -0.1) is 0 Å². The fourth-order valence-corrected chi connectivity index (χ4v) is 2.46. The van der Waals surface area contributed by atoms with Crippen LogP contribution in [0.2, 0.25) is 0 Å². The summed E-state index contributed by atoms with van der Waals surface area (Å²) in [4.78, 5) is 12.2. The number of carbonyl (C=O) groups is 1. The van der Waals surface area contributed by atoms with Crippen molar-refractivity contribution >= 4 is 5.91 Å². The minimum atomic E-state index is 0.0561. The number of benzene rings is 1. The van der Waals surface area contributed by atoms with E-state index in [9.17, 15) is 4.79 Å². The van der Waals surface area contributed by atoms with Crippen LogP contribution >= 0.6 is 0 Å². The maximum absolute atomic E-state index is 12.2. The zero-order chi connectivity index (χ0) is 13.0. The Labute approximate surface area is 109 Å². The van der Waals surface area contributed by atoms with Gasteiger partial charge in [0, 0.05) is 18.7 Å². The van der Waals surface area contributed by atoms with Gasteiger partial charge in [0.05, 0.1) is 0 Å². The molecule has 18 heavy (non-hydrogen) atoms. The van der Waals surface area contributed by atoms with Crippen molar-refractivity contribution in [2.45, 2.75) is 26.7 Å². The maximum Gasteiger partial charge on any atom is 0.251 e. The fraction of sp³-hybridized carbons (Fsp3) is 0.533. The van der Waals surface area contributed by atoms with Crippen LogP contribution in [0.15, 0.2) is 24.3 Å². The number of aryl methyl sites for hydroxylation is 1. The molecule has 1 aliphatic rings. The summed E-state index contributed by atoms with van der Waals surface area (Å²) in [5.41, 5.74) is 2.14. The third-order valence-electron chi connectivity index (χ3n) is 3.78. The first-order valence-electron chi connectivity index (χ1n) is 6.71. The lowest BCUT2D eigenvalue weighted by atomic mass is 9.90. The van der Waals surface area contributed by atoms with Crippen LogP contribution in [-0.4, -0.2) is 25.5 Å². The molecule has 1 unspecified atom stereocenters. The van der Waals surface area contributed by atoms with Crippen LogP contribution < -0.4 is 10.6 Å². The topological polar surface area (TPSA) is 41.1 Å². The van der Waals surface area contributed by atoms with Crippen LogP contribution in [-0.2, 0) is 6.42 Å². The molecule has 1 aromatic carbocycles. The van der Waals surface area contributed by atoms with E-state index < -0.39 is 0 Å². The highest BCUT2D eigenvalue weighted by atomic mass is 16.1. The predicted octanol–water partition coefficient (Wildman–Crippen LogP) is 1.98. The van der Waals surface area contributed by atoms with Crippen molar-refractivity contribution in [1.82, 2.24) is 10.6 Å². The molecule has 0 aliphatic carbocycles. The van der Waals surface area contributed by atoms with Crippen molar-refractivity contribution in [1.29, 1.82) is 0 Å². The van der Waals surface area contributed by atoms with Gasteiger partial charge in [-0.25, -0.2) is 0 Å². The van der Waals surface area contributed by atoms with Crippen LogP contribution in [0.25, 0.3) is 0 Å². The molecule has 3 heteroatoms. The van der Waals surface area contributed by atoms with Crippen molar-refractivity contribution in [3.05, 3.63) is 35.4 Å². The summed E-state index contributed by atoms with van der Waals surface area (Å²) >= 11 is 0. The Morgan fingerprint density at radius 1 is 1.44 bits per heavy atom. The first kappa shape index (κ1) is 13.1. The first-order chi connectivity index (χ1) is 8.64. The molecule has 0 aromatic heterocycles. The first-order valence-corrected chi connectivity index (χ1v) is 6.71. The summed E-state index contributed by atoms with van der Waals surface area (Å²) in [7, 11) is 0. The van der Waals surface area contributed by atoms with Crippen molar-refractivity contribution < 1.29 is 4.79 Å². The van der Waals surface area contributed by atoms with E-state index in [1.54, 1.807) is 0 Å². The van der Waals surface area contributed by atoms with E-state index in [-0.39, 0.29) is 11.3 Å².